The average Bonchev–Trinajstić information content (AvgIpc) is 1.98. The van der Waals surface area contributed by atoms with E-state index in [0.29, 0.717) is 0 Å². The van der Waals surface area contributed by atoms with E-state index in [2.05, 4.69) is 40.2 Å². The molecule has 86 valence electrons. The van der Waals surface area contributed by atoms with Gasteiger partial charge >= 0.3 is 0 Å². The lowest BCUT2D eigenvalue weighted by Crippen LogP contribution is -2.51. The van der Waals surface area contributed by atoms with Gasteiger partial charge in [0.05, 0.1) is 5.54 Å². The van der Waals surface area contributed by atoms with E-state index in [4.69, 9.17) is 0 Å². The van der Waals surface area contributed by atoms with Crippen molar-refractivity contribution in [2.45, 2.75) is 39.7 Å². The van der Waals surface area contributed by atoms with Gasteiger partial charge in [-0.1, -0.05) is 13.8 Å². The van der Waals surface area contributed by atoms with E-state index in [1.165, 1.54) is 5.75 Å². The molecule has 1 N–H and O–H groups in total. The maximum atomic E-state index is 10.1. The number of hydrogen-bond acceptors (Lipinski definition) is 2. The van der Waals surface area contributed by atoms with Crippen LogP contribution in [0.2, 0.25) is 0 Å². The van der Waals surface area contributed by atoms with Crippen molar-refractivity contribution < 1.29 is 5.21 Å². The molecule has 1 rings (SSSR count). The van der Waals surface area contributed by atoms with Crippen molar-refractivity contribution in [2.24, 2.45) is 11.8 Å². The van der Waals surface area contributed by atoms with Crippen molar-refractivity contribution in [3.8, 4) is 0 Å². The molecule has 0 amide bonds. The molecule has 1 heterocycles. The fourth-order valence-electron chi connectivity index (χ4n) is 2.47. The van der Waals surface area contributed by atoms with Gasteiger partial charge in [-0.3, -0.25) is 0 Å². The summed E-state index contributed by atoms with van der Waals surface area (Å²) in [5.41, 5.74) is -0.0496. The van der Waals surface area contributed by atoms with Crippen LogP contribution < -0.4 is 0 Å². The van der Waals surface area contributed by atoms with Crippen LogP contribution in [-0.4, -0.2) is 33.5 Å². The van der Waals surface area contributed by atoms with E-state index in [0.717, 1.165) is 18.3 Å². The van der Waals surface area contributed by atoms with E-state index in [1.807, 2.05) is 0 Å². The Hall–Kier alpha value is 0.270. The summed E-state index contributed by atoms with van der Waals surface area (Å²) in [4.78, 5) is 0. The van der Waals surface area contributed by atoms with Gasteiger partial charge in [-0.05, 0) is 50.4 Å². The van der Waals surface area contributed by atoms with Crippen molar-refractivity contribution in [1.82, 2.24) is 4.47 Å². The fourth-order valence-corrected chi connectivity index (χ4v) is 5.57. The molecule has 1 saturated heterocycles. The molecule has 0 saturated carbocycles. The second kappa shape index (κ2) is 3.69. The lowest BCUT2D eigenvalue weighted by Gasteiger charge is -2.55. The Balaban J connectivity index is 2.86. The third kappa shape index (κ3) is 2.26. The minimum atomic E-state index is -0.974. The number of hydroxylamine groups is 1. The summed E-state index contributed by atoms with van der Waals surface area (Å²) in [6.07, 6.45) is 5.53. The SMILES string of the molecule is CC(C)C1CC(C)(C)N(O)S(C)(C)C1. The minimum Gasteiger partial charge on any atom is -0.304 e. The average molecular weight is 219 g/mol. The quantitative estimate of drug-likeness (QED) is 0.732. The molecule has 0 radical (unpaired) electrons. The lowest BCUT2D eigenvalue weighted by molar-refractivity contribution is -0.0861. The smallest absolute Gasteiger partial charge is 0.0505 e. The Kier molecular flexibility index (Phi) is 3.25. The largest absolute Gasteiger partial charge is 0.304 e. The van der Waals surface area contributed by atoms with E-state index < -0.39 is 10.2 Å². The van der Waals surface area contributed by atoms with Gasteiger partial charge in [-0.25, -0.2) is 0 Å². The van der Waals surface area contributed by atoms with Crippen molar-refractivity contribution in [3.05, 3.63) is 0 Å². The third-order valence-corrected chi connectivity index (χ3v) is 5.99. The van der Waals surface area contributed by atoms with E-state index in [1.54, 1.807) is 4.47 Å². The predicted molar refractivity (Wildman–Crippen MR) is 65.0 cm³/mol. The molecule has 0 aromatic heterocycles. The van der Waals surface area contributed by atoms with Crippen LogP contribution in [0, 0.1) is 11.8 Å². The van der Waals surface area contributed by atoms with Crippen LogP contribution >= 0.6 is 10.2 Å². The molecule has 1 aliphatic heterocycles. The Morgan fingerprint density at radius 3 is 2.21 bits per heavy atom. The summed E-state index contributed by atoms with van der Waals surface area (Å²) in [6.45, 7) is 8.89. The molecule has 1 aliphatic rings. The highest BCUT2D eigenvalue weighted by Gasteiger charge is 2.43. The molecule has 0 aliphatic carbocycles. The monoisotopic (exact) mass is 219 g/mol. The summed E-state index contributed by atoms with van der Waals surface area (Å²) in [5.74, 6) is 2.66. The fraction of sp³-hybridized carbons (Fsp3) is 1.00. The molecular weight excluding hydrogens is 194 g/mol. The molecule has 0 aromatic rings. The van der Waals surface area contributed by atoms with Gasteiger partial charge in [0, 0.05) is 0 Å². The van der Waals surface area contributed by atoms with Gasteiger partial charge in [0.1, 0.15) is 0 Å². The summed E-state index contributed by atoms with van der Waals surface area (Å²) in [5, 5.41) is 10.1. The second-order valence-electron chi connectivity index (χ2n) is 5.94. The Morgan fingerprint density at radius 1 is 1.36 bits per heavy atom. The topological polar surface area (TPSA) is 23.5 Å². The summed E-state index contributed by atoms with van der Waals surface area (Å²) in [7, 11) is -0.974. The molecule has 1 fully saturated rings. The molecule has 1 unspecified atom stereocenters. The maximum absolute atomic E-state index is 10.1. The number of rotatable bonds is 1. The van der Waals surface area contributed by atoms with Crippen LogP contribution in [0.1, 0.15) is 34.1 Å². The van der Waals surface area contributed by atoms with Crippen LogP contribution in [0.15, 0.2) is 0 Å². The lowest BCUT2D eigenvalue weighted by atomic mass is 9.85. The van der Waals surface area contributed by atoms with Crippen LogP contribution in [0.25, 0.3) is 0 Å². The van der Waals surface area contributed by atoms with E-state index in [-0.39, 0.29) is 5.54 Å². The van der Waals surface area contributed by atoms with Crippen molar-refractivity contribution in [1.29, 1.82) is 0 Å². The van der Waals surface area contributed by atoms with E-state index >= 15 is 0 Å². The molecule has 0 bridgehead atoms. The standard InChI is InChI=1S/C11H25NOS/c1-9(2)10-7-11(3,4)12(13)14(5,6)8-10/h9-10,13H,7-8H2,1-6H3. The first-order chi connectivity index (χ1) is 6.17. The second-order valence-corrected chi connectivity index (χ2v) is 9.58. The van der Waals surface area contributed by atoms with Crippen LogP contribution in [-0.2, 0) is 0 Å². The van der Waals surface area contributed by atoms with Crippen molar-refractivity contribution in [2.75, 3.05) is 18.3 Å². The first-order valence-electron chi connectivity index (χ1n) is 5.37. The molecule has 3 heteroatoms. The summed E-state index contributed by atoms with van der Waals surface area (Å²) >= 11 is 0. The molecule has 1 atom stereocenters. The van der Waals surface area contributed by atoms with Crippen LogP contribution in [0.4, 0.5) is 0 Å². The molecule has 0 aromatic carbocycles. The minimum absolute atomic E-state index is 0.0496. The Morgan fingerprint density at radius 2 is 1.86 bits per heavy atom. The normalized spacial score (nSPS) is 34.4. The number of hydrogen-bond donors (Lipinski definition) is 1. The first kappa shape index (κ1) is 12.3. The van der Waals surface area contributed by atoms with Crippen LogP contribution in [0.3, 0.4) is 0 Å². The zero-order chi connectivity index (χ0) is 11.1. The predicted octanol–water partition coefficient (Wildman–Crippen LogP) is 3.11. The third-order valence-electron chi connectivity index (χ3n) is 3.31. The summed E-state index contributed by atoms with van der Waals surface area (Å²) < 4.78 is 1.64. The van der Waals surface area contributed by atoms with Gasteiger partial charge in [0.25, 0.3) is 0 Å². The molecule has 14 heavy (non-hydrogen) atoms. The van der Waals surface area contributed by atoms with Gasteiger partial charge in [0.2, 0.25) is 0 Å². The Bertz CT molecular complexity index is 195. The highest BCUT2D eigenvalue weighted by Crippen LogP contribution is 2.55. The number of nitrogens with zero attached hydrogens (tertiary/aromatic N) is 1. The van der Waals surface area contributed by atoms with Gasteiger partial charge in [-0.15, -0.1) is 4.47 Å². The van der Waals surface area contributed by atoms with Crippen molar-refractivity contribution >= 4 is 10.2 Å². The molecular formula is C11H25NOS. The van der Waals surface area contributed by atoms with Gasteiger partial charge < -0.3 is 5.21 Å². The molecule has 0 spiro atoms. The summed E-state index contributed by atoms with van der Waals surface area (Å²) in [6, 6.07) is 0. The van der Waals surface area contributed by atoms with Crippen LogP contribution in [0.5, 0.6) is 0 Å². The first-order valence-corrected chi connectivity index (χ1v) is 7.94. The van der Waals surface area contributed by atoms with Gasteiger partial charge in [-0.2, -0.15) is 10.2 Å². The van der Waals surface area contributed by atoms with E-state index in [9.17, 15) is 5.21 Å². The highest BCUT2D eigenvalue weighted by atomic mass is 32.3. The zero-order valence-corrected chi connectivity index (χ0v) is 11.2. The Labute approximate surface area is 90.1 Å². The highest BCUT2D eigenvalue weighted by molar-refractivity contribution is 8.30. The van der Waals surface area contributed by atoms with Crippen molar-refractivity contribution in [3.63, 3.8) is 0 Å². The van der Waals surface area contributed by atoms with Gasteiger partial charge in [0.15, 0.2) is 0 Å². The zero-order valence-electron chi connectivity index (χ0n) is 10.4. The maximum Gasteiger partial charge on any atom is 0.0505 e. The molecule has 2 nitrogen and oxygen atoms in total.